The topological polar surface area (TPSA) is 58.4 Å². The van der Waals surface area contributed by atoms with Crippen LogP contribution in [0.4, 0.5) is 11.4 Å². The first-order valence-electron chi connectivity index (χ1n) is 6.74. The Balaban J connectivity index is 2.09. The molecule has 0 saturated carbocycles. The van der Waals surface area contributed by atoms with E-state index in [9.17, 15) is 10.1 Å². The Kier molecular flexibility index (Phi) is 4.37. The van der Waals surface area contributed by atoms with Gasteiger partial charge < -0.3 is 10.2 Å². The zero-order valence-corrected chi connectivity index (χ0v) is 11.6. The molecule has 0 atom stereocenters. The molecule has 2 rings (SSSR count). The highest BCUT2D eigenvalue weighted by molar-refractivity contribution is 5.55. The average Bonchev–Trinajstić information content (AvgIpc) is 2.39. The van der Waals surface area contributed by atoms with Gasteiger partial charge in [-0.25, -0.2) is 0 Å². The molecule has 5 nitrogen and oxygen atoms in total. The highest BCUT2D eigenvalue weighted by atomic mass is 16.6. The van der Waals surface area contributed by atoms with Crippen molar-refractivity contribution < 1.29 is 4.92 Å². The van der Waals surface area contributed by atoms with Crippen LogP contribution in [-0.2, 0) is 0 Å². The van der Waals surface area contributed by atoms with Crippen LogP contribution in [0.15, 0.2) is 18.2 Å². The van der Waals surface area contributed by atoms with Crippen LogP contribution in [0.3, 0.4) is 0 Å². The summed E-state index contributed by atoms with van der Waals surface area (Å²) >= 11 is 0. The third-order valence-electron chi connectivity index (χ3n) is 3.69. The number of rotatable bonds is 4. The van der Waals surface area contributed by atoms with E-state index >= 15 is 0 Å². The van der Waals surface area contributed by atoms with E-state index in [4.69, 9.17) is 0 Å². The summed E-state index contributed by atoms with van der Waals surface area (Å²) in [5.41, 5.74) is 2.04. The lowest BCUT2D eigenvalue weighted by Crippen LogP contribution is -2.34. The first kappa shape index (κ1) is 13.8. The summed E-state index contributed by atoms with van der Waals surface area (Å²) in [4.78, 5) is 12.7. The van der Waals surface area contributed by atoms with Gasteiger partial charge in [-0.1, -0.05) is 0 Å². The molecule has 0 spiro atoms. The molecule has 1 aromatic rings. The summed E-state index contributed by atoms with van der Waals surface area (Å²) in [5.74, 6) is 0.672. The van der Waals surface area contributed by atoms with Gasteiger partial charge in [0.1, 0.15) is 0 Å². The number of nitro groups is 1. The zero-order chi connectivity index (χ0) is 13.8. The Morgan fingerprint density at radius 1 is 1.37 bits per heavy atom. The van der Waals surface area contributed by atoms with Crippen LogP contribution < -0.4 is 10.2 Å². The first-order valence-corrected chi connectivity index (χ1v) is 6.74. The van der Waals surface area contributed by atoms with Crippen LogP contribution in [0.25, 0.3) is 0 Å². The van der Waals surface area contributed by atoms with Crippen LogP contribution in [0.5, 0.6) is 0 Å². The average molecular weight is 263 g/mol. The Morgan fingerprint density at radius 2 is 2.05 bits per heavy atom. The van der Waals surface area contributed by atoms with Crippen molar-refractivity contribution in [3.63, 3.8) is 0 Å². The lowest BCUT2D eigenvalue weighted by molar-refractivity contribution is -0.384. The molecule has 0 unspecified atom stereocenters. The summed E-state index contributed by atoms with van der Waals surface area (Å²) in [6, 6.07) is 5.28. The van der Waals surface area contributed by atoms with E-state index in [-0.39, 0.29) is 10.6 Å². The van der Waals surface area contributed by atoms with E-state index in [1.165, 1.54) is 12.8 Å². The molecule has 19 heavy (non-hydrogen) atoms. The molecular formula is C14H21N3O2. The molecule has 1 heterocycles. The van der Waals surface area contributed by atoms with Crippen molar-refractivity contribution in [2.75, 3.05) is 31.6 Å². The van der Waals surface area contributed by atoms with Gasteiger partial charge in [-0.3, -0.25) is 10.1 Å². The minimum absolute atomic E-state index is 0.173. The van der Waals surface area contributed by atoms with Crippen LogP contribution in [0, 0.1) is 23.0 Å². The molecule has 5 heteroatoms. The normalized spacial score (nSPS) is 16.3. The Labute approximate surface area is 113 Å². The van der Waals surface area contributed by atoms with Gasteiger partial charge in [-0.05, 0) is 50.4 Å². The molecule has 1 saturated heterocycles. The number of aryl methyl sites for hydroxylation is 1. The number of nitro benzene ring substituents is 1. The largest absolute Gasteiger partial charge is 0.374 e. The number of benzene rings is 1. The highest BCUT2D eigenvalue weighted by Gasteiger charge is 2.17. The van der Waals surface area contributed by atoms with Gasteiger partial charge in [-0.2, -0.15) is 0 Å². The Morgan fingerprint density at radius 3 is 2.68 bits per heavy atom. The summed E-state index contributed by atoms with van der Waals surface area (Å²) in [6.45, 7) is 5.01. The molecule has 1 aromatic carbocycles. The van der Waals surface area contributed by atoms with Crippen molar-refractivity contribution >= 4 is 11.4 Å². The third kappa shape index (κ3) is 3.67. The number of piperidine rings is 1. The third-order valence-corrected chi connectivity index (χ3v) is 3.69. The van der Waals surface area contributed by atoms with Crippen LogP contribution >= 0.6 is 0 Å². The van der Waals surface area contributed by atoms with Crippen molar-refractivity contribution in [2.24, 2.45) is 5.92 Å². The molecule has 1 N–H and O–H groups in total. The fourth-order valence-electron chi connectivity index (χ4n) is 2.63. The van der Waals surface area contributed by atoms with Gasteiger partial charge in [0.25, 0.3) is 5.69 Å². The van der Waals surface area contributed by atoms with Gasteiger partial charge in [0.15, 0.2) is 0 Å². The number of hydrogen-bond acceptors (Lipinski definition) is 4. The fourth-order valence-corrected chi connectivity index (χ4v) is 2.63. The highest BCUT2D eigenvalue weighted by Crippen LogP contribution is 2.24. The second-order valence-corrected chi connectivity index (χ2v) is 5.36. The summed E-state index contributed by atoms with van der Waals surface area (Å²) in [6.07, 6.45) is 2.36. The molecule has 0 aliphatic carbocycles. The number of anilines is 1. The quantitative estimate of drug-likeness (QED) is 0.669. The van der Waals surface area contributed by atoms with E-state index in [1.807, 2.05) is 20.0 Å². The smallest absolute Gasteiger partial charge is 0.271 e. The molecular weight excluding hydrogens is 242 g/mol. The van der Waals surface area contributed by atoms with Crippen LogP contribution in [0.1, 0.15) is 18.4 Å². The van der Waals surface area contributed by atoms with E-state index < -0.39 is 0 Å². The molecule has 0 bridgehead atoms. The fraction of sp³-hybridized carbons (Fsp3) is 0.571. The van der Waals surface area contributed by atoms with Gasteiger partial charge in [-0.15, -0.1) is 0 Å². The van der Waals surface area contributed by atoms with Crippen LogP contribution in [-0.4, -0.2) is 31.6 Å². The van der Waals surface area contributed by atoms with Gasteiger partial charge >= 0.3 is 0 Å². The molecule has 1 aliphatic rings. The second-order valence-electron chi connectivity index (χ2n) is 5.36. The lowest BCUT2D eigenvalue weighted by Gasteiger charge is -2.28. The predicted molar refractivity (Wildman–Crippen MR) is 76.7 cm³/mol. The summed E-state index contributed by atoms with van der Waals surface area (Å²) in [7, 11) is 2.01. The van der Waals surface area contributed by atoms with Crippen molar-refractivity contribution in [2.45, 2.75) is 19.8 Å². The number of nitrogens with zero attached hydrogens (tertiary/aromatic N) is 2. The Hall–Kier alpha value is -1.62. The maximum Gasteiger partial charge on any atom is 0.271 e. The molecule has 0 aromatic heterocycles. The van der Waals surface area contributed by atoms with Gasteiger partial charge in [0, 0.05) is 31.4 Å². The second kappa shape index (κ2) is 6.02. The predicted octanol–water partition coefficient (Wildman–Crippen LogP) is 2.34. The lowest BCUT2D eigenvalue weighted by atomic mass is 9.97. The monoisotopic (exact) mass is 263 g/mol. The van der Waals surface area contributed by atoms with Crippen molar-refractivity contribution in [3.05, 3.63) is 33.9 Å². The van der Waals surface area contributed by atoms with E-state index in [0.29, 0.717) is 5.92 Å². The summed E-state index contributed by atoms with van der Waals surface area (Å²) < 4.78 is 0. The number of hydrogen-bond donors (Lipinski definition) is 1. The summed E-state index contributed by atoms with van der Waals surface area (Å²) in [5, 5.41) is 14.2. The van der Waals surface area contributed by atoms with Crippen molar-refractivity contribution in [3.8, 4) is 0 Å². The molecule has 1 aliphatic heterocycles. The van der Waals surface area contributed by atoms with E-state index in [0.717, 1.165) is 30.9 Å². The Bertz CT molecular complexity index is 456. The standard InChI is InChI=1S/C14H21N3O2/c1-11-7-13(9-14(8-11)17(18)19)16(2)10-12-3-5-15-6-4-12/h7-9,12,15H,3-6,10H2,1-2H3. The molecule has 104 valence electrons. The molecule has 0 radical (unpaired) electrons. The van der Waals surface area contributed by atoms with E-state index in [2.05, 4.69) is 10.2 Å². The van der Waals surface area contributed by atoms with Gasteiger partial charge in [0.05, 0.1) is 4.92 Å². The first-order chi connectivity index (χ1) is 9.06. The SMILES string of the molecule is Cc1cc(N(C)CC2CCNCC2)cc([N+](=O)[O-])c1. The van der Waals surface area contributed by atoms with Crippen molar-refractivity contribution in [1.29, 1.82) is 0 Å². The molecule has 1 fully saturated rings. The maximum atomic E-state index is 10.9. The van der Waals surface area contributed by atoms with Crippen molar-refractivity contribution in [1.82, 2.24) is 5.32 Å². The number of non-ortho nitro benzene ring substituents is 1. The van der Waals surface area contributed by atoms with Gasteiger partial charge in [0.2, 0.25) is 0 Å². The van der Waals surface area contributed by atoms with Crippen LogP contribution in [0.2, 0.25) is 0 Å². The molecule has 0 amide bonds. The van der Waals surface area contributed by atoms with E-state index in [1.54, 1.807) is 12.1 Å². The minimum atomic E-state index is -0.325. The zero-order valence-electron chi connectivity index (χ0n) is 11.6. The maximum absolute atomic E-state index is 10.9. The minimum Gasteiger partial charge on any atom is -0.374 e. The number of nitrogens with one attached hydrogen (secondary N) is 1.